The Labute approximate surface area is 167 Å². The summed E-state index contributed by atoms with van der Waals surface area (Å²) in [5.41, 5.74) is 2.09. The summed E-state index contributed by atoms with van der Waals surface area (Å²) < 4.78 is 5.03. The first-order valence-electron chi connectivity index (χ1n) is 9.47. The van der Waals surface area contributed by atoms with Crippen molar-refractivity contribution in [3.63, 3.8) is 0 Å². The number of nitrogens with zero attached hydrogens (tertiary/aromatic N) is 4. The van der Waals surface area contributed by atoms with Gasteiger partial charge in [-0.3, -0.25) is 15.0 Å². The van der Waals surface area contributed by atoms with E-state index in [9.17, 15) is 4.79 Å². The number of likely N-dealkylation sites (tertiary alicyclic amines) is 1. The lowest BCUT2D eigenvalue weighted by Crippen LogP contribution is -2.41. The van der Waals surface area contributed by atoms with Gasteiger partial charge in [0.2, 0.25) is 11.0 Å². The quantitative estimate of drug-likeness (QED) is 0.632. The SMILES string of the molecule is COCc1nnc(NC(=O)CN2CCC[C@H](Cc3nc4ccccc4[nH]3)C2)s1. The van der Waals surface area contributed by atoms with Crippen LogP contribution in [0, 0.1) is 5.92 Å². The number of anilines is 1. The van der Waals surface area contributed by atoms with Gasteiger partial charge in [0, 0.05) is 20.1 Å². The van der Waals surface area contributed by atoms with Crippen LogP contribution in [0.3, 0.4) is 0 Å². The molecule has 0 unspecified atom stereocenters. The van der Waals surface area contributed by atoms with Crippen molar-refractivity contribution >= 4 is 33.4 Å². The molecule has 1 aliphatic rings. The van der Waals surface area contributed by atoms with Crippen molar-refractivity contribution in [2.45, 2.75) is 25.9 Å². The fraction of sp³-hybridized carbons (Fsp3) is 0.474. The fourth-order valence-electron chi connectivity index (χ4n) is 3.69. The molecule has 3 aromatic rings. The molecule has 0 bridgehead atoms. The monoisotopic (exact) mass is 400 g/mol. The van der Waals surface area contributed by atoms with Gasteiger partial charge in [0.1, 0.15) is 17.4 Å². The number of amides is 1. The average Bonchev–Trinajstić information content (AvgIpc) is 3.28. The van der Waals surface area contributed by atoms with Crippen LogP contribution in [0.2, 0.25) is 0 Å². The fourth-order valence-corrected chi connectivity index (χ4v) is 4.41. The Morgan fingerprint density at radius 3 is 3.14 bits per heavy atom. The zero-order valence-corrected chi connectivity index (χ0v) is 16.7. The summed E-state index contributed by atoms with van der Waals surface area (Å²) in [6, 6.07) is 8.10. The summed E-state index contributed by atoms with van der Waals surface area (Å²) in [5.74, 6) is 1.47. The number of methoxy groups -OCH3 is 1. The minimum absolute atomic E-state index is 0.0514. The van der Waals surface area contributed by atoms with Crippen LogP contribution >= 0.6 is 11.3 Å². The molecule has 1 saturated heterocycles. The van der Waals surface area contributed by atoms with Crippen LogP contribution in [0.4, 0.5) is 5.13 Å². The number of benzene rings is 1. The number of ether oxygens (including phenoxy) is 1. The Bertz CT molecular complexity index is 906. The van der Waals surface area contributed by atoms with Gasteiger partial charge in [0.05, 0.1) is 17.6 Å². The molecule has 8 nitrogen and oxygen atoms in total. The first kappa shape index (κ1) is 19.0. The van der Waals surface area contributed by atoms with Gasteiger partial charge in [-0.2, -0.15) is 0 Å². The standard InChI is InChI=1S/C19H24N6O2S/c1-27-12-18-23-24-19(28-18)22-17(26)11-25-8-4-5-13(10-25)9-16-20-14-6-2-3-7-15(14)21-16/h2-3,6-7,13H,4-5,8-12H2,1H3,(H,20,21)(H,22,24,26)/t13-/m1/s1. The maximum atomic E-state index is 12.4. The zero-order chi connectivity index (χ0) is 19.3. The Morgan fingerprint density at radius 2 is 2.29 bits per heavy atom. The molecule has 0 saturated carbocycles. The highest BCUT2D eigenvalue weighted by molar-refractivity contribution is 7.15. The predicted octanol–water partition coefficient (Wildman–Crippen LogP) is 2.45. The molecule has 1 amide bonds. The number of aromatic nitrogens is 4. The Hall–Kier alpha value is -2.36. The largest absolute Gasteiger partial charge is 0.377 e. The molecule has 0 spiro atoms. The summed E-state index contributed by atoms with van der Waals surface area (Å²) in [6.07, 6.45) is 3.16. The maximum absolute atomic E-state index is 12.4. The van der Waals surface area contributed by atoms with Gasteiger partial charge in [0.25, 0.3) is 0 Å². The Morgan fingerprint density at radius 1 is 1.39 bits per heavy atom. The minimum Gasteiger partial charge on any atom is -0.377 e. The van der Waals surface area contributed by atoms with Crippen LogP contribution in [-0.4, -0.2) is 57.7 Å². The van der Waals surface area contributed by atoms with E-state index in [-0.39, 0.29) is 5.91 Å². The average molecular weight is 401 g/mol. The van der Waals surface area contributed by atoms with Gasteiger partial charge in [-0.1, -0.05) is 23.5 Å². The van der Waals surface area contributed by atoms with Gasteiger partial charge >= 0.3 is 0 Å². The van der Waals surface area contributed by atoms with E-state index in [2.05, 4.69) is 36.4 Å². The summed E-state index contributed by atoms with van der Waals surface area (Å²) in [7, 11) is 1.61. The van der Waals surface area contributed by atoms with E-state index in [1.165, 1.54) is 11.3 Å². The second-order valence-electron chi connectivity index (χ2n) is 7.13. The third-order valence-corrected chi connectivity index (χ3v) is 5.68. The molecule has 2 aromatic heterocycles. The molecule has 1 fully saturated rings. The van der Waals surface area contributed by atoms with Crippen LogP contribution in [0.5, 0.6) is 0 Å². The van der Waals surface area contributed by atoms with Gasteiger partial charge in [-0.05, 0) is 37.4 Å². The van der Waals surface area contributed by atoms with E-state index >= 15 is 0 Å². The number of carbonyl (C=O) groups is 1. The van der Waals surface area contributed by atoms with Crippen LogP contribution < -0.4 is 5.32 Å². The van der Waals surface area contributed by atoms with Gasteiger partial charge in [-0.15, -0.1) is 10.2 Å². The smallest absolute Gasteiger partial charge is 0.240 e. The van der Waals surface area contributed by atoms with Crippen molar-refractivity contribution in [1.29, 1.82) is 0 Å². The van der Waals surface area contributed by atoms with Crippen molar-refractivity contribution in [1.82, 2.24) is 25.1 Å². The van der Waals surface area contributed by atoms with Crippen molar-refractivity contribution < 1.29 is 9.53 Å². The van der Waals surface area contributed by atoms with Gasteiger partial charge < -0.3 is 9.72 Å². The third kappa shape index (κ3) is 4.73. The van der Waals surface area contributed by atoms with E-state index in [0.29, 0.717) is 24.2 Å². The zero-order valence-electron chi connectivity index (χ0n) is 15.9. The molecular formula is C19H24N6O2S. The number of nitrogens with one attached hydrogen (secondary N) is 2. The van der Waals surface area contributed by atoms with Crippen molar-refractivity contribution in [3.8, 4) is 0 Å². The van der Waals surface area contributed by atoms with E-state index in [1.807, 2.05) is 18.2 Å². The number of piperidine rings is 1. The van der Waals surface area contributed by atoms with Gasteiger partial charge in [0.15, 0.2) is 0 Å². The maximum Gasteiger partial charge on any atom is 0.240 e. The third-order valence-electron chi connectivity index (χ3n) is 4.87. The lowest BCUT2D eigenvalue weighted by Gasteiger charge is -2.31. The highest BCUT2D eigenvalue weighted by atomic mass is 32.1. The number of hydrogen-bond acceptors (Lipinski definition) is 7. The molecular weight excluding hydrogens is 376 g/mol. The first-order chi connectivity index (χ1) is 13.7. The normalized spacial score (nSPS) is 17.8. The van der Waals surface area contributed by atoms with Crippen molar-refractivity contribution in [3.05, 3.63) is 35.1 Å². The predicted molar refractivity (Wildman–Crippen MR) is 108 cm³/mol. The number of carbonyl (C=O) groups excluding carboxylic acids is 1. The topological polar surface area (TPSA) is 96.0 Å². The summed E-state index contributed by atoms with van der Waals surface area (Å²) in [6.45, 7) is 2.61. The number of H-pyrrole nitrogens is 1. The van der Waals surface area contributed by atoms with E-state index in [1.54, 1.807) is 7.11 Å². The number of para-hydroxylation sites is 2. The molecule has 0 aliphatic carbocycles. The molecule has 0 radical (unpaired) electrons. The van der Waals surface area contributed by atoms with E-state index < -0.39 is 0 Å². The molecule has 4 rings (SSSR count). The Balaban J connectivity index is 1.29. The summed E-state index contributed by atoms with van der Waals surface area (Å²) in [5, 5.41) is 12.1. The number of imidazole rings is 1. The Kier molecular flexibility index (Phi) is 5.94. The molecule has 9 heteroatoms. The second-order valence-corrected chi connectivity index (χ2v) is 8.19. The molecule has 1 atom stereocenters. The number of aromatic amines is 1. The molecule has 1 aliphatic heterocycles. The first-order valence-corrected chi connectivity index (χ1v) is 10.3. The molecule has 148 valence electrons. The van der Waals surface area contributed by atoms with Crippen LogP contribution in [-0.2, 0) is 22.6 Å². The van der Waals surface area contributed by atoms with Crippen molar-refractivity contribution in [2.24, 2.45) is 5.92 Å². The van der Waals surface area contributed by atoms with Crippen molar-refractivity contribution in [2.75, 3.05) is 32.1 Å². The van der Waals surface area contributed by atoms with E-state index in [4.69, 9.17) is 4.74 Å². The molecule has 2 N–H and O–H groups in total. The number of hydrogen-bond donors (Lipinski definition) is 2. The van der Waals surface area contributed by atoms with Crippen LogP contribution in [0.15, 0.2) is 24.3 Å². The number of fused-ring (bicyclic) bond motifs is 1. The van der Waals surface area contributed by atoms with Crippen LogP contribution in [0.25, 0.3) is 11.0 Å². The van der Waals surface area contributed by atoms with Gasteiger partial charge in [-0.25, -0.2) is 4.98 Å². The minimum atomic E-state index is -0.0514. The summed E-state index contributed by atoms with van der Waals surface area (Å²) in [4.78, 5) is 22.7. The lowest BCUT2D eigenvalue weighted by atomic mass is 9.94. The van der Waals surface area contributed by atoms with E-state index in [0.717, 1.165) is 54.2 Å². The highest BCUT2D eigenvalue weighted by Gasteiger charge is 2.23. The van der Waals surface area contributed by atoms with Crippen LogP contribution in [0.1, 0.15) is 23.7 Å². The summed E-state index contributed by atoms with van der Waals surface area (Å²) >= 11 is 1.34. The molecule has 1 aromatic carbocycles. The molecule has 28 heavy (non-hydrogen) atoms. The lowest BCUT2D eigenvalue weighted by molar-refractivity contribution is -0.117. The second kappa shape index (κ2) is 8.76. The highest BCUT2D eigenvalue weighted by Crippen LogP contribution is 2.22. The number of rotatable bonds is 7. The molecule has 3 heterocycles.